The quantitative estimate of drug-likeness (QED) is 0.503. The molecule has 2 rings (SSSR count). The van der Waals surface area contributed by atoms with Gasteiger partial charge in [0.05, 0.1) is 19.3 Å². The highest BCUT2D eigenvalue weighted by atomic mass is 35.5. The summed E-state index contributed by atoms with van der Waals surface area (Å²) in [4.78, 5) is 0. The first-order chi connectivity index (χ1) is 4.38. The third-order valence-electron chi connectivity index (χ3n) is 2.21. The summed E-state index contributed by atoms with van der Waals surface area (Å²) >= 11 is 0. The molecule has 2 aliphatic rings. The molecule has 10 heavy (non-hydrogen) atoms. The highest BCUT2D eigenvalue weighted by Crippen LogP contribution is 2.22. The standard InChI is InChI=1S/C6H11NO2.ClH/c8-6-1-7-5-3-9-2-4(5)6;/h4-8H,1-3H2;1H/t4-,5+,6+;/m0./s1. The zero-order valence-electron chi connectivity index (χ0n) is 5.62. The second kappa shape index (κ2) is 3.05. The van der Waals surface area contributed by atoms with Gasteiger partial charge in [-0.2, -0.15) is 0 Å². The van der Waals surface area contributed by atoms with Crippen LogP contribution in [-0.2, 0) is 4.74 Å². The minimum atomic E-state index is -0.169. The van der Waals surface area contributed by atoms with Crippen molar-refractivity contribution < 1.29 is 9.84 Å². The van der Waals surface area contributed by atoms with E-state index in [2.05, 4.69) is 5.32 Å². The van der Waals surface area contributed by atoms with Gasteiger partial charge < -0.3 is 15.2 Å². The predicted octanol–water partition coefficient (Wildman–Crippen LogP) is -0.613. The Morgan fingerprint density at radius 3 is 2.90 bits per heavy atom. The van der Waals surface area contributed by atoms with Gasteiger partial charge in [0, 0.05) is 18.5 Å². The predicted molar refractivity (Wildman–Crippen MR) is 39.4 cm³/mol. The van der Waals surface area contributed by atoms with E-state index in [9.17, 15) is 5.11 Å². The van der Waals surface area contributed by atoms with Gasteiger partial charge in [-0.25, -0.2) is 0 Å². The number of β-amino-alcohol motifs (C(OH)–C–C–N with tert-alkyl or cyclic N) is 1. The summed E-state index contributed by atoms with van der Waals surface area (Å²) in [6, 6.07) is 0.431. The van der Waals surface area contributed by atoms with Gasteiger partial charge in [0.2, 0.25) is 0 Å². The van der Waals surface area contributed by atoms with Gasteiger partial charge in [0.15, 0.2) is 0 Å². The van der Waals surface area contributed by atoms with Crippen LogP contribution in [0.2, 0.25) is 0 Å². The summed E-state index contributed by atoms with van der Waals surface area (Å²) in [5.74, 6) is 0.366. The van der Waals surface area contributed by atoms with Crippen LogP contribution in [0.4, 0.5) is 0 Å². The minimum Gasteiger partial charge on any atom is -0.391 e. The molecule has 0 saturated carbocycles. The number of hydrogen-bond donors (Lipinski definition) is 2. The number of halogens is 1. The molecule has 60 valence electrons. The first kappa shape index (κ1) is 8.27. The molecular formula is C6H12ClNO2. The molecule has 0 radical (unpaired) electrons. The molecule has 0 bridgehead atoms. The molecule has 3 atom stereocenters. The van der Waals surface area contributed by atoms with E-state index in [0.29, 0.717) is 12.0 Å². The summed E-state index contributed by atoms with van der Waals surface area (Å²) in [6.07, 6.45) is -0.169. The molecule has 0 amide bonds. The Kier molecular flexibility index (Phi) is 2.52. The lowest BCUT2D eigenvalue weighted by atomic mass is 10.0. The van der Waals surface area contributed by atoms with E-state index in [0.717, 1.165) is 19.8 Å². The van der Waals surface area contributed by atoms with Crippen LogP contribution in [-0.4, -0.2) is 37.0 Å². The Morgan fingerprint density at radius 2 is 2.20 bits per heavy atom. The third-order valence-corrected chi connectivity index (χ3v) is 2.21. The molecule has 0 aromatic heterocycles. The zero-order chi connectivity index (χ0) is 6.27. The van der Waals surface area contributed by atoms with Crippen molar-refractivity contribution in [3.05, 3.63) is 0 Å². The van der Waals surface area contributed by atoms with E-state index in [-0.39, 0.29) is 18.5 Å². The van der Waals surface area contributed by atoms with E-state index in [4.69, 9.17) is 4.74 Å². The highest BCUT2D eigenvalue weighted by molar-refractivity contribution is 5.85. The van der Waals surface area contributed by atoms with Crippen molar-refractivity contribution in [3.63, 3.8) is 0 Å². The molecule has 0 aromatic rings. The van der Waals surface area contributed by atoms with Crippen molar-refractivity contribution in [1.29, 1.82) is 0 Å². The fraction of sp³-hybridized carbons (Fsp3) is 1.00. The van der Waals surface area contributed by atoms with Crippen LogP contribution in [0, 0.1) is 5.92 Å². The van der Waals surface area contributed by atoms with Gasteiger partial charge in [-0.05, 0) is 0 Å². The smallest absolute Gasteiger partial charge is 0.0730 e. The van der Waals surface area contributed by atoms with Gasteiger partial charge in [-0.3, -0.25) is 0 Å². The van der Waals surface area contributed by atoms with E-state index in [1.165, 1.54) is 0 Å². The minimum absolute atomic E-state index is 0. The topological polar surface area (TPSA) is 41.5 Å². The van der Waals surface area contributed by atoms with E-state index >= 15 is 0 Å². The molecular weight excluding hydrogens is 154 g/mol. The number of nitrogens with one attached hydrogen (secondary N) is 1. The second-order valence-corrected chi connectivity index (χ2v) is 2.78. The number of aliphatic hydroxyl groups is 1. The molecule has 2 fully saturated rings. The molecule has 4 heteroatoms. The average molecular weight is 166 g/mol. The van der Waals surface area contributed by atoms with E-state index in [1.807, 2.05) is 0 Å². The number of ether oxygens (including phenoxy) is 1. The molecule has 0 aliphatic carbocycles. The lowest BCUT2D eigenvalue weighted by Gasteiger charge is -2.07. The molecule has 3 nitrogen and oxygen atoms in total. The maximum absolute atomic E-state index is 9.26. The van der Waals surface area contributed by atoms with Crippen LogP contribution in [0.15, 0.2) is 0 Å². The van der Waals surface area contributed by atoms with Crippen LogP contribution < -0.4 is 5.32 Å². The van der Waals surface area contributed by atoms with E-state index < -0.39 is 0 Å². The van der Waals surface area contributed by atoms with Crippen molar-refractivity contribution in [2.45, 2.75) is 12.1 Å². The monoisotopic (exact) mass is 165 g/mol. The van der Waals surface area contributed by atoms with Crippen LogP contribution >= 0.6 is 12.4 Å². The van der Waals surface area contributed by atoms with Crippen molar-refractivity contribution in [1.82, 2.24) is 5.32 Å². The molecule has 0 unspecified atom stereocenters. The zero-order valence-corrected chi connectivity index (χ0v) is 6.43. The van der Waals surface area contributed by atoms with Gasteiger partial charge in [0.1, 0.15) is 0 Å². The first-order valence-corrected chi connectivity index (χ1v) is 3.37. The second-order valence-electron chi connectivity index (χ2n) is 2.78. The molecule has 2 heterocycles. The van der Waals surface area contributed by atoms with Crippen molar-refractivity contribution in [2.24, 2.45) is 5.92 Å². The normalized spacial score (nSPS) is 44.7. The molecule has 2 N–H and O–H groups in total. The van der Waals surface area contributed by atoms with Crippen molar-refractivity contribution in [3.8, 4) is 0 Å². The fourth-order valence-corrected chi connectivity index (χ4v) is 1.58. The maximum atomic E-state index is 9.26. The summed E-state index contributed by atoms with van der Waals surface area (Å²) < 4.78 is 5.16. The van der Waals surface area contributed by atoms with Crippen LogP contribution in [0.5, 0.6) is 0 Å². The van der Waals surface area contributed by atoms with Crippen LogP contribution in [0.25, 0.3) is 0 Å². The Hall–Kier alpha value is 0.170. The highest BCUT2D eigenvalue weighted by Gasteiger charge is 2.38. The first-order valence-electron chi connectivity index (χ1n) is 3.37. The third kappa shape index (κ3) is 1.14. The Balaban J connectivity index is 0.000000500. The summed E-state index contributed by atoms with van der Waals surface area (Å²) in [7, 11) is 0. The number of rotatable bonds is 0. The number of fused-ring (bicyclic) bond motifs is 1. The van der Waals surface area contributed by atoms with Crippen LogP contribution in [0.3, 0.4) is 0 Å². The lowest BCUT2D eigenvalue weighted by molar-refractivity contribution is 0.107. The Morgan fingerprint density at radius 1 is 1.40 bits per heavy atom. The fourth-order valence-electron chi connectivity index (χ4n) is 1.58. The van der Waals surface area contributed by atoms with Gasteiger partial charge in [0.25, 0.3) is 0 Å². The Labute approximate surface area is 66.2 Å². The van der Waals surface area contributed by atoms with Crippen molar-refractivity contribution in [2.75, 3.05) is 19.8 Å². The molecule has 2 saturated heterocycles. The van der Waals surface area contributed by atoms with Crippen LogP contribution in [0.1, 0.15) is 0 Å². The van der Waals surface area contributed by atoms with Gasteiger partial charge in [-0.15, -0.1) is 12.4 Å². The van der Waals surface area contributed by atoms with Crippen molar-refractivity contribution >= 4 is 12.4 Å². The number of hydrogen-bond acceptors (Lipinski definition) is 3. The summed E-state index contributed by atoms with van der Waals surface area (Å²) in [6.45, 7) is 2.26. The SMILES string of the molecule is Cl.O[C@@H]1CN[C@@H]2COC[C@H]12. The molecule has 0 aromatic carbocycles. The molecule has 0 spiro atoms. The average Bonchev–Trinajstić information content (AvgIpc) is 2.35. The maximum Gasteiger partial charge on any atom is 0.0730 e. The summed E-state index contributed by atoms with van der Waals surface area (Å²) in [5.41, 5.74) is 0. The largest absolute Gasteiger partial charge is 0.391 e. The number of aliphatic hydroxyl groups excluding tert-OH is 1. The Bertz CT molecular complexity index is 122. The summed E-state index contributed by atoms with van der Waals surface area (Å²) in [5, 5.41) is 12.5. The van der Waals surface area contributed by atoms with Gasteiger partial charge >= 0.3 is 0 Å². The van der Waals surface area contributed by atoms with E-state index in [1.54, 1.807) is 0 Å². The lowest BCUT2D eigenvalue weighted by Crippen LogP contribution is -2.26. The molecule has 2 aliphatic heterocycles. The van der Waals surface area contributed by atoms with Gasteiger partial charge in [-0.1, -0.05) is 0 Å².